The summed E-state index contributed by atoms with van der Waals surface area (Å²) in [4.78, 5) is 4.24. The van der Waals surface area contributed by atoms with Crippen molar-refractivity contribution in [1.29, 1.82) is 0 Å². The van der Waals surface area contributed by atoms with Gasteiger partial charge in [0.05, 0.1) is 11.7 Å². The Kier molecular flexibility index (Phi) is 2.52. The molecule has 1 heterocycles. The summed E-state index contributed by atoms with van der Waals surface area (Å²) in [5.41, 5.74) is 6.60. The third-order valence-electron chi connectivity index (χ3n) is 1.76. The Balaban J connectivity index is 3.00. The van der Waals surface area contributed by atoms with Gasteiger partial charge >= 0.3 is 0 Å². The van der Waals surface area contributed by atoms with E-state index in [0.717, 1.165) is 11.5 Å². The van der Waals surface area contributed by atoms with Crippen LogP contribution in [-0.4, -0.2) is 4.98 Å². The molecular weight excluding hydrogens is 152 g/mol. The van der Waals surface area contributed by atoms with Crippen molar-refractivity contribution in [3.8, 4) is 0 Å². The van der Waals surface area contributed by atoms with Crippen molar-refractivity contribution >= 4 is 0 Å². The fourth-order valence-corrected chi connectivity index (χ4v) is 1.16. The van der Waals surface area contributed by atoms with Crippen molar-refractivity contribution in [1.82, 2.24) is 4.98 Å². The van der Waals surface area contributed by atoms with Gasteiger partial charge in [-0.05, 0) is 13.8 Å². The van der Waals surface area contributed by atoms with Crippen molar-refractivity contribution in [2.75, 3.05) is 0 Å². The van der Waals surface area contributed by atoms with Gasteiger partial charge in [-0.3, -0.25) is 0 Å². The largest absolute Gasteiger partial charge is 0.443 e. The van der Waals surface area contributed by atoms with Crippen molar-refractivity contribution in [2.45, 2.75) is 39.7 Å². The van der Waals surface area contributed by atoms with Crippen LogP contribution in [0.25, 0.3) is 0 Å². The molecule has 3 nitrogen and oxygen atoms in total. The summed E-state index contributed by atoms with van der Waals surface area (Å²) in [6.07, 6.45) is 0. The van der Waals surface area contributed by atoms with E-state index in [1.165, 1.54) is 0 Å². The Labute approximate surface area is 73.0 Å². The highest BCUT2D eigenvalue weighted by Gasteiger charge is 2.14. The molecule has 0 fully saturated rings. The molecule has 0 saturated carbocycles. The Bertz CT molecular complexity index is 263. The van der Waals surface area contributed by atoms with Crippen LogP contribution in [0.1, 0.15) is 50.1 Å². The molecule has 0 aliphatic heterocycles. The van der Waals surface area contributed by atoms with E-state index in [0.29, 0.717) is 11.8 Å². The molecule has 0 aromatic carbocycles. The van der Waals surface area contributed by atoms with Crippen LogP contribution in [-0.2, 0) is 0 Å². The standard InChI is InChI=1S/C9H16N2O/c1-5(2)8-7(4)11-9(12-8)6(3)10/h5-6H,10H2,1-4H3. The second-order valence-electron chi connectivity index (χ2n) is 3.45. The van der Waals surface area contributed by atoms with Gasteiger partial charge in [-0.1, -0.05) is 13.8 Å². The highest BCUT2D eigenvalue weighted by molar-refractivity contribution is 5.12. The molecule has 1 unspecified atom stereocenters. The zero-order valence-electron chi connectivity index (χ0n) is 8.09. The second kappa shape index (κ2) is 3.27. The van der Waals surface area contributed by atoms with Gasteiger partial charge in [0.15, 0.2) is 0 Å². The summed E-state index contributed by atoms with van der Waals surface area (Å²) in [6.45, 7) is 7.98. The summed E-state index contributed by atoms with van der Waals surface area (Å²) < 4.78 is 5.50. The minimum Gasteiger partial charge on any atom is -0.443 e. The van der Waals surface area contributed by atoms with Crippen LogP contribution >= 0.6 is 0 Å². The molecule has 0 bridgehead atoms. The third kappa shape index (κ3) is 1.67. The molecule has 0 saturated heterocycles. The molecule has 0 aliphatic rings. The van der Waals surface area contributed by atoms with E-state index in [-0.39, 0.29) is 6.04 Å². The van der Waals surface area contributed by atoms with Gasteiger partial charge in [-0.25, -0.2) is 4.98 Å². The molecule has 0 radical (unpaired) electrons. The number of oxazole rings is 1. The van der Waals surface area contributed by atoms with Gasteiger partial charge in [-0.15, -0.1) is 0 Å². The van der Waals surface area contributed by atoms with Gasteiger partial charge in [0.2, 0.25) is 5.89 Å². The van der Waals surface area contributed by atoms with Gasteiger partial charge in [0.25, 0.3) is 0 Å². The molecule has 0 spiro atoms. The van der Waals surface area contributed by atoms with E-state index < -0.39 is 0 Å². The predicted molar refractivity (Wildman–Crippen MR) is 47.9 cm³/mol. The number of rotatable bonds is 2. The van der Waals surface area contributed by atoms with Gasteiger partial charge in [-0.2, -0.15) is 0 Å². The van der Waals surface area contributed by atoms with Gasteiger partial charge in [0.1, 0.15) is 5.76 Å². The molecule has 1 aromatic rings. The maximum Gasteiger partial charge on any atom is 0.211 e. The van der Waals surface area contributed by atoms with Crippen molar-refractivity contribution in [2.24, 2.45) is 5.73 Å². The van der Waals surface area contributed by atoms with E-state index >= 15 is 0 Å². The van der Waals surface area contributed by atoms with E-state index in [2.05, 4.69) is 18.8 Å². The fraction of sp³-hybridized carbons (Fsp3) is 0.667. The quantitative estimate of drug-likeness (QED) is 0.736. The molecule has 1 atom stereocenters. The molecule has 2 N–H and O–H groups in total. The fourth-order valence-electron chi connectivity index (χ4n) is 1.16. The average Bonchev–Trinajstić information content (AvgIpc) is 2.30. The lowest BCUT2D eigenvalue weighted by molar-refractivity contribution is 0.417. The molecular formula is C9H16N2O. The Morgan fingerprint density at radius 1 is 1.33 bits per heavy atom. The number of hydrogen-bond donors (Lipinski definition) is 1. The maximum atomic E-state index is 5.64. The zero-order valence-corrected chi connectivity index (χ0v) is 8.09. The van der Waals surface area contributed by atoms with E-state index in [1.54, 1.807) is 0 Å². The van der Waals surface area contributed by atoms with Crippen LogP contribution in [0, 0.1) is 6.92 Å². The van der Waals surface area contributed by atoms with Crippen LogP contribution in [0.5, 0.6) is 0 Å². The lowest BCUT2D eigenvalue weighted by atomic mass is 10.1. The Hall–Kier alpha value is -0.830. The molecule has 3 heteroatoms. The first-order chi connectivity index (χ1) is 5.52. The van der Waals surface area contributed by atoms with Crippen molar-refractivity contribution < 1.29 is 4.42 Å². The van der Waals surface area contributed by atoms with Gasteiger partial charge < -0.3 is 10.2 Å². The molecule has 1 rings (SSSR count). The summed E-state index contributed by atoms with van der Waals surface area (Å²) in [7, 11) is 0. The Morgan fingerprint density at radius 2 is 1.92 bits per heavy atom. The predicted octanol–water partition coefficient (Wildman–Crippen LogP) is 2.13. The number of aromatic nitrogens is 1. The minimum absolute atomic E-state index is 0.115. The minimum atomic E-state index is -0.115. The third-order valence-corrected chi connectivity index (χ3v) is 1.76. The molecule has 1 aromatic heterocycles. The Morgan fingerprint density at radius 3 is 2.17 bits per heavy atom. The maximum absolute atomic E-state index is 5.64. The van der Waals surface area contributed by atoms with Crippen LogP contribution in [0.4, 0.5) is 0 Å². The number of nitrogens with two attached hydrogens (primary N) is 1. The monoisotopic (exact) mass is 168 g/mol. The summed E-state index contributed by atoms with van der Waals surface area (Å²) in [5, 5.41) is 0. The molecule has 0 aliphatic carbocycles. The van der Waals surface area contributed by atoms with Crippen molar-refractivity contribution in [3.63, 3.8) is 0 Å². The van der Waals surface area contributed by atoms with Gasteiger partial charge in [0, 0.05) is 5.92 Å². The SMILES string of the molecule is Cc1nc(C(C)N)oc1C(C)C. The van der Waals surface area contributed by atoms with Crippen LogP contribution in [0.2, 0.25) is 0 Å². The summed E-state index contributed by atoms with van der Waals surface area (Å²) in [6, 6.07) is -0.115. The molecule has 12 heavy (non-hydrogen) atoms. The van der Waals surface area contributed by atoms with E-state index in [4.69, 9.17) is 10.2 Å². The van der Waals surface area contributed by atoms with Crippen LogP contribution in [0.3, 0.4) is 0 Å². The smallest absolute Gasteiger partial charge is 0.211 e. The average molecular weight is 168 g/mol. The molecule has 68 valence electrons. The first-order valence-corrected chi connectivity index (χ1v) is 4.25. The van der Waals surface area contributed by atoms with E-state index in [9.17, 15) is 0 Å². The first kappa shape index (κ1) is 9.26. The number of nitrogens with zero attached hydrogens (tertiary/aromatic N) is 1. The van der Waals surface area contributed by atoms with Crippen LogP contribution < -0.4 is 5.73 Å². The highest BCUT2D eigenvalue weighted by atomic mass is 16.4. The highest BCUT2D eigenvalue weighted by Crippen LogP contribution is 2.22. The number of hydrogen-bond acceptors (Lipinski definition) is 3. The summed E-state index contributed by atoms with van der Waals surface area (Å²) in [5.74, 6) is 1.96. The lowest BCUT2D eigenvalue weighted by Gasteiger charge is -2.00. The van der Waals surface area contributed by atoms with E-state index in [1.807, 2.05) is 13.8 Å². The first-order valence-electron chi connectivity index (χ1n) is 4.25. The second-order valence-corrected chi connectivity index (χ2v) is 3.45. The zero-order chi connectivity index (χ0) is 9.30. The van der Waals surface area contributed by atoms with Crippen molar-refractivity contribution in [3.05, 3.63) is 17.3 Å². The van der Waals surface area contributed by atoms with Crippen LogP contribution in [0.15, 0.2) is 4.42 Å². The normalized spacial score (nSPS) is 13.8. The lowest BCUT2D eigenvalue weighted by Crippen LogP contribution is -2.04. The topological polar surface area (TPSA) is 52.0 Å². The number of aryl methyl sites for hydroxylation is 1. The molecule has 0 amide bonds. The summed E-state index contributed by atoms with van der Waals surface area (Å²) >= 11 is 0.